The molecule has 166 valence electrons. The molecule has 1 aliphatic rings. The van der Waals surface area contributed by atoms with Crippen LogP contribution in [0.25, 0.3) is 0 Å². The molecular weight excluding hydrogens is 411 g/mol. The topological polar surface area (TPSA) is 70.3 Å². The highest BCUT2D eigenvalue weighted by atomic mass is 19.1. The lowest BCUT2D eigenvalue weighted by molar-refractivity contribution is 0.0927. The van der Waals surface area contributed by atoms with Crippen LogP contribution in [0.3, 0.4) is 0 Å². The Labute approximate surface area is 186 Å². The molecule has 32 heavy (non-hydrogen) atoms. The fraction of sp³-hybridized carbons (Fsp3) is 0.250. The molecule has 7 nitrogen and oxygen atoms in total. The van der Waals surface area contributed by atoms with Gasteiger partial charge in [-0.1, -0.05) is 0 Å². The molecule has 1 amide bonds. The predicted molar refractivity (Wildman–Crippen MR) is 121 cm³/mol. The molecule has 1 N–H and O–H groups in total. The van der Waals surface area contributed by atoms with E-state index in [4.69, 9.17) is 9.15 Å². The second-order valence-corrected chi connectivity index (χ2v) is 7.49. The number of hydrazone groups is 1. The van der Waals surface area contributed by atoms with Gasteiger partial charge in [0.15, 0.2) is 5.76 Å². The predicted octanol–water partition coefficient (Wildman–Crippen LogP) is 3.51. The molecule has 2 heterocycles. The summed E-state index contributed by atoms with van der Waals surface area (Å²) in [5.41, 5.74) is 5.39. The number of nitrogens with zero attached hydrogens (tertiary/aromatic N) is 3. The van der Waals surface area contributed by atoms with Crippen molar-refractivity contribution >= 4 is 17.8 Å². The summed E-state index contributed by atoms with van der Waals surface area (Å²) >= 11 is 0. The van der Waals surface area contributed by atoms with Gasteiger partial charge >= 0.3 is 5.91 Å². The van der Waals surface area contributed by atoms with Gasteiger partial charge in [0, 0.05) is 44.0 Å². The zero-order valence-electron chi connectivity index (χ0n) is 17.8. The van der Waals surface area contributed by atoms with E-state index in [1.807, 2.05) is 30.3 Å². The standard InChI is InChI=1S/C24H25FN4O3/c1-31-22-9-4-18(16-26-27-24(30)23-3-2-14-32-23)15-19(22)17-28-10-12-29(13-11-28)21-7-5-20(25)6-8-21/h2-9,14-16H,10-13,17H2,1H3,(H,27,30). The molecule has 0 radical (unpaired) electrons. The highest BCUT2D eigenvalue weighted by Gasteiger charge is 2.19. The van der Waals surface area contributed by atoms with Gasteiger partial charge in [0.2, 0.25) is 0 Å². The largest absolute Gasteiger partial charge is 0.496 e. The van der Waals surface area contributed by atoms with E-state index in [1.54, 1.807) is 25.5 Å². The lowest BCUT2D eigenvalue weighted by atomic mass is 10.1. The highest BCUT2D eigenvalue weighted by molar-refractivity contribution is 5.92. The van der Waals surface area contributed by atoms with Crippen LogP contribution in [0.15, 0.2) is 70.4 Å². The fourth-order valence-electron chi connectivity index (χ4n) is 3.69. The summed E-state index contributed by atoms with van der Waals surface area (Å²) in [5, 5.41) is 4.02. The SMILES string of the molecule is COc1ccc(C=NNC(=O)c2ccco2)cc1CN1CCN(c2ccc(F)cc2)CC1. The summed E-state index contributed by atoms with van der Waals surface area (Å²) in [5.74, 6) is 0.391. The van der Waals surface area contributed by atoms with Crippen LogP contribution >= 0.6 is 0 Å². The van der Waals surface area contributed by atoms with Crippen molar-refractivity contribution < 1.29 is 18.3 Å². The number of hydrogen-bond acceptors (Lipinski definition) is 6. The zero-order chi connectivity index (χ0) is 22.3. The van der Waals surface area contributed by atoms with Gasteiger partial charge < -0.3 is 14.1 Å². The average Bonchev–Trinajstić information content (AvgIpc) is 3.36. The molecule has 1 aromatic heterocycles. The summed E-state index contributed by atoms with van der Waals surface area (Å²) < 4.78 is 23.8. The third-order valence-electron chi connectivity index (χ3n) is 5.39. The Morgan fingerprint density at radius 1 is 1.16 bits per heavy atom. The van der Waals surface area contributed by atoms with Crippen LogP contribution in [0, 0.1) is 5.82 Å². The van der Waals surface area contributed by atoms with Crippen LogP contribution in [-0.2, 0) is 6.54 Å². The minimum Gasteiger partial charge on any atom is -0.496 e. The number of nitrogens with one attached hydrogen (secondary N) is 1. The van der Waals surface area contributed by atoms with E-state index in [9.17, 15) is 9.18 Å². The molecule has 0 atom stereocenters. The van der Waals surface area contributed by atoms with Crippen molar-refractivity contribution in [3.05, 3.63) is 83.6 Å². The van der Waals surface area contributed by atoms with Crippen molar-refractivity contribution in [2.75, 3.05) is 38.2 Å². The first-order chi connectivity index (χ1) is 15.6. The second kappa shape index (κ2) is 10.1. The third kappa shape index (κ3) is 5.33. The van der Waals surface area contributed by atoms with E-state index in [2.05, 4.69) is 20.3 Å². The number of methoxy groups -OCH3 is 1. The molecule has 1 saturated heterocycles. The summed E-state index contributed by atoms with van der Waals surface area (Å²) in [7, 11) is 1.66. The number of amides is 1. The van der Waals surface area contributed by atoms with E-state index in [1.165, 1.54) is 18.4 Å². The quantitative estimate of drug-likeness (QED) is 0.453. The minimum atomic E-state index is -0.404. The molecule has 8 heteroatoms. The molecule has 4 rings (SSSR count). The van der Waals surface area contributed by atoms with Gasteiger partial charge in [-0.25, -0.2) is 9.82 Å². The van der Waals surface area contributed by atoms with Crippen LogP contribution in [0.1, 0.15) is 21.7 Å². The van der Waals surface area contributed by atoms with Gasteiger partial charge in [0.1, 0.15) is 11.6 Å². The number of rotatable bonds is 7. The number of hydrogen-bond donors (Lipinski definition) is 1. The van der Waals surface area contributed by atoms with Gasteiger partial charge in [-0.2, -0.15) is 5.10 Å². The van der Waals surface area contributed by atoms with Gasteiger partial charge in [0.25, 0.3) is 0 Å². The van der Waals surface area contributed by atoms with E-state index in [-0.39, 0.29) is 11.6 Å². The van der Waals surface area contributed by atoms with Crippen LogP contribution < -0.4 is 15.1 Å². The molecule has 0 aliphatic carbocycles. The van der Waals surface area contributed by atoms with Crippen LogP contribution in [0.5, 0.6) is 5.75 Å². The molecule has 2 aromatic carbocycles. The Hall–Kier alpha value is -3.65. The first-order valence-electron chi connectivity index (χ1n) is 10.4. The van der Waals surface area contributed by atoms with Crippen molar-refractivity contribution in [3.63, 3.8) is 0 Å². The van der Waals surface area contributed by atoms with E-state index < -0.39 is 5.91 Å². The second-order valence-electron chi connectivity index (χ2n) is 7.49. The van der Waals surface area contributed by atoms with Crippen molar-refractivity contribution in [1.82, 2.24) is 10.3 Å². The first kappa shape index (κ1) is 21.6. The highest BCUT2D eigenvalue weighted by Crippen LogP contribution is 2.23. The lowest BCUT2D eigenvalue weighted by Gasteiger charge is -2.36. The summed E-state index contributed by atoms with van der Waals surface area (Å²) in [6.45, 7) is 4.25. The number of anilines is 1. The molecule has 1 fully saturated rings. The number of benzene rings is 2. The van der Waals surface area contributed by atoms with Crippen molar-refractivity contribution in [2.24, 2.45) is 5.10 Å². The van der Waals surface area contributed by atoms with Crippen molar-refractivity contribution in [1.29, 1.82) is 0 Å². The van der Waals surface area contributed by atoms with Gasteiger partial charge in [-0.15, -0.1) is 0 Å². The maximum atomic E-state index is 13.2. The van der Waals surface area contributed by atoms with Gasteiger partial charge in [-0.3, -0.25) is 9.69 Å². The van der Waals surface area contributed by atoms with Gasteiger partial charge in [0.05, 0.1) is 19.6 Å². The Morgan fingerprint density at radius 3 is 2.62 bits per heavy atom. The molecule has 1 aliphatic heterocycles. The Morgan fingerprint density at radius 2 is 1.94 bits per heavy atom. The minimum absolute atomic E-state index is 0.206. The maximum absolute atomic E-state index is 13.2. The van der Waals surface area contributed by atoms with Crippen LogP contribution in [0.4, 0.5) is 10.1 Å². The normalized spacial score (nSPS) is 14.6. The molecule has 0 saturated carbocycles. The smallest absolute Gasteiger partial charge is 0.307 e. The molecule has 3 aromatic rings. The summed E-state index contributed by atoms with van der Waals surface area (Å²) in [4.78, 5) is 16.5. The zero-order valence-corrected chi connectivity index (χ0v) is 17.8. The number of halogens is 1. The van der Waals surface area contributed by atoms with Crippen molar-refractivity contribution in [2.45, 2.75) is 6.54 Å². The maximum Gasteiger partial charge on any atom is 0.307 e. The Balaban J connectivity index is 1.36. The number of carbonyl (C=O) groups is 1. The van der Waals surface area contributed by atoms with E-state index >= 15 is 0 Å². The van der Waals surface area contributed by atoms with E-state index in [0.717, 1.165) is 55.3 Å². The van der Waals surface area contributed by atoms with Crippen LogP contribution in [0.2, 0.25) is 0 Å². The lowest BCUT2D eigenvalue weighted by Crippen LogP contribution is -2.46. The molecule has 0 bridgehead atoms. The first-order valence-corrected chi connectivity index (χ1v) is 10.4. The number of ether oxygens (including phenoxy) is 1. The van der Waals surface area contributed by atoms with Gasteiger partial charge in [-0.05, 0) is 60.2 Å². The van der Waals surface area contributed by atoms with Crippen LogP contribution in [-0.4, -0.2) is 50.3 Å². The third-order valence-corrected chi connectivity index (χ3v) is 5.39. The fourth-order valence-corrected chi connectivity index (χ4v) is 3.69. The summed E-state index contributed by atoms with van der Waals surface area (Å²) in [6, 6.07) is 15.7. The Kier molecular flexibility index (Phi) is 6.81. The number of carbonyl (C=O) groups excluding carboxylic acids is 1. The number of piperazine rings is 1. The summed E-state index contributed by atoms with van der Waals surface area (Å²) in [6.07, 6.45) is 3.03. The Bertz CT molecular complexity index is 1060. The molecule has 0 spiro atoms. The molecular formula is C24H25FN4O3. The average molecular weight is 436 g/mol. The molecule has 0 unspecified atom stereocenters. The van der Waals surface area contributed by atoms with Crippen molar-refractivity contribution in [3.8, 4) is 5.75 Å². The number of furan rings is 1. The van der Waals surface area contributed by atoms with E-state index in [0.29, 0.717) is 0 Å². The monoisotopic (exact) mass is 436 g/mol.